The van der Waals surface area contributed by atoms with Gasteiger partial charge in [0.15, 0.2) is 9.84 Å². The van der Waals surface area contributed by atoms with Crippen LogP contribution in [0.3, 0.4) is 0 Å². The van der Waals surface area contributed by atoms with E-state index in [0.717, 1.165) is 5.39 Å². The van der Waals surface area contributed by atoms with E-state index in [-0.39, 0.29) is 10.9 Å². The normalized spacial score (nSPS) is 19.0. The highest BCUT2D eigenvalue weighted by Gasteiger charge is 2.33. The Hall–Kier alpha value is -2.40. The van der Waals surface area contributed by atoms with Gasteiger partial charge in [-0.15, -0.1) is 0 Å². The number of carbonyl (C=O) groups is 2. The Morgan fingerprint density at radius 1 is 1.06 bits per heavy atom. The highest BCUT2D eigenvalue weighted by Crippen LogP contribution is 2.23. The summed E-state index contributed by atoms with van der Waals surface area (Å²) < 4.78 is 25.6. The average molecular weight is 467 g/mol. The zero-order valence-electron chi connectivity index (χ0n) is 16.7. The average Bonchev–Trinajstić information content (AvgIpc) is 3.18. The van der Waals surface area contributed by atoms with Gasteiger partial charge in [-0.2, -0.15) is 0 Å². The number of hydrazine groups is 1. The lowest BCUT2D eigenvalue weighted by Crippen LogP contribution is -2.57. The zero-order valence-corrected chi connectivity index (χ0v) is 18.3. The second kappa shape index (κ2) is 8.62. The highest BCUT2D eigenvalue weighted by molar-refractivity contribution is 7.91. The van der Waals surface area contributed by atoms with E-state index in [2.05, 4.69) is 5.32 Å². The summed E-state index contributed by atoms with van der Waals surface area (Å²) in [7, 11) is -3.88. The first-order valence-electron chi connectivity index (χ1n) is 9.94. The summed E-state index contributed by atoms with van der Waals surface area (Å²) >= 11 is 5.96. The van der Waals surface area contributed by atoms with Crippen LogP contribution in [0.1, 0.15) is 0 Å². The summed E-state index contributed by atoms with van der Waals surface area (Å²) in [5, 5.41) is 18.6. The summed E-state index contributed by atoms with van der Waals surface area (Å²) in [6.45, 7) is 2.63. The Bertz CT molecular complexity index is 1120. The number of fused-ring (bicyclic) bond motifs is 1. The molecule has 2 aromatic rings. The molecule has 4 rings (SSSR count). The molecule has 2 N–H and O–H groups in total. The van der Waals surface area contributed by atoms with Crippen LogP contribution in [0.25, 0.3) is 10.8 Å². The van der Waals surface area contributed by atoms with E-state index in [1.54, 1.807) is 29.3 Å². The molecule has 2 fully saturated rings. The van der Waals surface area contributed by atoms with Crippen LogP contribution >= 0.6 is 11.6 Å². The number of piperazine rings is 1. The van der Waals surface area contributed by atoms with Crippen LogP contribution in [0.4, 0.5) is 4.79 Å². The van der Waals surface area contributed by atoms with Gasteiger partial charge in [-0.05, 0) is 35.0 Å². The Labute approximate surface area is 185 Å². The van der Waals surface area contributed by atoms with Gasteiger partial charge in [0.2, 0.25) is 0 Å². The Morgan fingerprint density at radius 3 is 2.42 bits per heavy atom. The lowest BCUT2D eigenvalue weighted by molar-refractivity contribution is -0.142. The van der Waals surface area contributed by atoms with Crippen LogP contribution in [0.5, 0.6) is 0 Å². The molecule has 2 aromatic carbocycles. The van der Waals surface area contributed by atoms with Gasteiger partial charge in [-0.1, -0.05) is 23.7 Å². The van der Waals surface area contributed by atoms with Gasteiger partial charge in [-0.3, -0.25) is 9.80 Å². The maximum absolute atomic E-state index is 12.8. The van der Waals surface area contributed by atoms with Crippen molar-refractivity contribution in [3.8, 4) is 0 Å². The van der Waals surface area contributed by atoms with Crippen LogP contribution in [-0.4, -0.2) is 91.5 Å². The molecule has 0 saturated carbocycles. The molecule has 9 nitrogen and oxygen atoms in total. The molecule has 0 radical (unpaired) electrons. The molecule has 166 valence electrons. The van der Waals surface area contributed by atoms with Gasteiger partial charge in [-0.25, -0.2) is 18.2 Å². The van der Waals surface area contributed by atoms with E-state index in [4.69, 9.17) is 11.6 Å². The van der Waals surface area contributed by atoms with E-state index < -0.39 is 27.6 Å². The molecule has 2 saturated heterocycles. The minimum absolute atomic E-state index is 0.0408. The van der Waals surface area contributed by atoms with Gasteiger partial charge in [0.1, 0.15) is 6.10 Å². The quantitative estimate of drug-likeness (QED) is 0.671. The number of urea groups is 1. The largest absolute Gasteiger partial charge is 0.382 e. The maximum atomic E-state index is 12.8. The fourth-order valence-corrected chi connectivity index (χ4v) is 5.38. The van der Waals surface area contributed by atoms with Gasteiger partial charge in [0.25, 0.3) is 5.91 Å². The molecule has 31 heavy (non-hydrogen) atoms. The molecule has 2 aliphatic rings. The first-order valence-corrected chi connectivity index (χ1v) is 12.0. The molecule has 0 aliphatic carbocycles. The smallest absolute Gasteiger partial charge is 0.332 e. The fraction of sp³-hybridized carbons (Fsp3) is 0.400. The minimum atomic E-state index is -3.88. The third kappa shape index (κ3) is 4.62. The van der Waals surface area contributed by atoms with E-state index in [1.165, 1.54) is 17.0 Å². The number of carbonyl (C=O) groups excluding carboxylic acids is 2. The number of aliphatic hydroxyl groups is 1. The summed E-state index contributed by atoms with van der Waals surface area (Å²) in [5.74, 6) is -1.32. The predicted molar refractivity (Wildman–Crippen MR) is 115 cm³/mol. The SMILES string of the molecule is O=C([C@H](O)CS(=O)(=O)c1ccc2cc(Cl)ccc2c1)N1CCN(N2CCNC2=O)CC1. The van der Waals surface area contributed by atoms with Crippen molar-refractivity contribution in [3.05, 3.63) is 41.4 Å². The van der Waals surface area contributed by atoms with Crippen molar-refractivity contribution in [3.63, 3.8) is 0 Å². The minimum Gasteiger partial charge on any atom is -0.382 e. The van der Waals surface area contributed by atoms with Crippen molar-refractivity contribution in [2.24, 2.45) is 0 Å². The summed E-state index contributed by atoms with van der Waals surface area (Å²) in [6, 6.07) is 9.57. The topological polar surface area (TPSA) is 110 Å². The number of nitrogens with one attached hydrogen (secondary N) is 1. The van der Waals surface area contributed by atoms with Crippen molar-refractivity contribution in [1.29, 1.82) is 0 Å². The molecule has 2 heterocycles. The number of hydrogen-bond donors (Lipinski definition) is 2. The molecule has 1 atom stereocenters. The number of sulfone groups is 1. The number of hydrogen-bond acceptors (Lipinski definition) is 6. The lowest BCUT2D eigenvalue weighted by Gasteiger charge is -2.39. The molecule has 3 amide bonds. The molecule has 2 aliphatic heterocycles. The zero-order chi connectivity index (χ0) is 22.2. The monoisotopic (exact) mass is 466 g/mol. The van der Waals surface area contributed by atoms with E-state index >= 15 is 0 Å². The number of amides is 3. The highest BCUT2D eigenvalue weighted by atomic mass is 35.5. The molecule has 11 heteroatoms. The first kappa shape index (κ1) is 21.8. The van der Waals surface area contributed by atoms with Crippen LogP contribution in [0.2, 0.25) is 5.02 Å². The van der Waals surface area contributed by atoms with Crippen molar-refractivity contribution < 1.29 is 23.1 Å². The second-order valence-corrected chi connectivity index (χ2v) is 10.1. The van der Waals surface area contributed by atoms with Gasteiger partial charge in [0.05, 0.1) is 17.2 Å². The number of nitrogens with zero attached hydrogens (tertiary/aromatic N) is 3. The van der Waals surface area contributed by atoms with Gasteiger partial charge in [0, 0.05) is 37.7 Å². The van der Waals surface area contributed by atoms with Crippen LogP contribution < -0.4 is 5.32 Å². The lowest BCUT2D eigenvalue weighted by atomic mass is 10.1. The summed E-state index contributed by atoms with van der Waals surface area (Å²) in [4.78, 5) is 25.9. The molecular formula is C20H23ClN4O5S. The Balaban J connectivity index is 1.39. The predicted octanol–water partition coefficient (Wildman–Crippen LogP) is 0.712. The van der Waals surface area contributed by atoms with E-state index in [0.29, 0.717) is 49.7 Å². The third-order valence-corrected chi connectivity index (χ3v) is 7.50. The molecule has 0 spiro atoms. The van der Waals surface area contributed by atoms with Crippen LogP contribution in [-0.2, 0) is 14.6 Å². The summed E-state index contributed by atoms with van der Waals surface area (Å²) in [6.07, 6.45) is -1.66. The van der Waals surface area contributed by atoms with E-state index in [9.17, 15) is 23.1 Å². The summed E-state index contributed by atoms with van der Waals surface area (Å²) in [5.41, 5.74) is 0. The number of aliphatic hydroxyl groups excluding tert-OH is 1. The molecule has 0 unspecified atom stereocenters. The Morgan fingerprint density at radius 2 is 1.74 bits per heavy atom. The van der Waals surface area contributed by atoms with Crippen LogP contribution in [0.15, 0.2) is 41.3 Å². The van der Waals surface area contributed by atoms with Crippen molar-refractivity contribution in [2.75, 3.05) is 45.0 Å². The Kier molecular flexibility index (Phi) is 6.07. The van der Waals surface area contributed by atoms with Crippen LogP contribution in [0, 0.1) is 0 Å². The molecule has 0 bridgehead atoms. The number of rotatable bonds is 5. The molecule has 0 aromatic heterocycles. The van der Waals surface area contributed by atoms with Gasteiger partial charge < -0.3 is 15.3 Å². The second-order valence-electron chi connectivity index (χ2n) is 7.58. The van der Waals surface area contributed by atoms with Crippen molar-refractivity contribution >= 4 is 44.1 Å². The molecular weight excluding hydrogens is 444 g/mol. The van der Waals surface area contributed by atoms with Crippen molar-refractivity contribution in [1.82, 2.24) is 20.2 Å². The van der Waals surface area contributed by atoms with Crippen molar-refractivity contribution in [2.45, 2.75) is 11.0 Å². The third-order valence-electron chi connectivity index (χ3n) is 5.54. The standard InChI is InChI=1S/C20H23ClN4O5S/c21-16-3-1-15-12-17(4-2-14(15)11-16)31(29,30)13-18(26)19(27)23-7-9-24(10-8-23)25-6-5-22-20(25)28/h1-4,11-12,18,26H,5-10,13H2,(H,22,28)/t18-/m1/s1. The number of benzene rings is 2. The van der Waals surface area contributed by atoms with E-state index in [1.807, 2.05) is 5.01 Å². The first-order chi connectivity index (χ1) is 14.7. The maximum Gasteiger partial charge on any atom is 0.332 e. The van der Waals surface area contributed by atoms with Gasteiger partial charge >= 0.3 is 6.03 Å². The fourth-order valence-electron chi connectivity index (χ4n) is 3.86. The number of halogens is 1.